The first-order chi connectivity index (χ1) is 9.21. The van der Waals surface area contributed by atoms with Gasteiger partial charge < -0.3 is 4.74 Å². The lowest BCUT2D eigenvalue weighted by molar-refractivity contribution is -0.292. The van der Waals surface area contributed by atoms with E-state index in [0.717, 1.165) is 36.0 Å². The standard InChI is InChI=1S/C17H22O2/c1-2-16(18)19-17-8-10-4-12-11-3-9(6-14(12)17)7-15(17)13(11)5-10/h2,9-15H,1,3-8H2. The maximum atomic E-state index is 11.9. The Kier molecular flexibility index (Phi) is 1.88. The third kappa shape index (κ3) is 1.14. The van der Waals surface area contributed by atoms with Crippen molar-refractivity contribution in [1.29, 1.82) is 0 Å². The van der Waals surface area contributed by atoms with Gasteiger partial charge in [0.25, 0.3) is 0 Å². The largest absolute Gasteiger partial charge is 0.455 e. The zero-order valence-electron chi connectivity index (χ0n) is 11.4. The van der Waals surface area contributed by atoms with Gasteiger partial charge in [-0.05, 0) is 68.1 Å². The molecule has 7 fully saturated rings. The summed E-state index contributed by atoms with van der Waals surface area (Å²) in [6.45, 7) is 3.60. The van der Waals surface area contributed by atoms with E-state index in [2.05, 4.69) is 6.58 Å². The van der Waals surface area contributed by atoms with Gasteiger partial charge in [0.1, 0.15) is 5.60 Å². The van der Waals surface area contributed by atoms with Crippen molar-refractivity contribution in [1.82, 2.24) is 0 Å². The Morgan fingerprint density at radius 2 is 1.63 bits per heavy atom. The smallest absolute Gasteiger partial charge is 0.330 e. The predicted octanol–water partition coefficient (Wildman–Crippen LogP) is 3.18. The van der Waals surface area contributed by atoms with Crippen LogP contribution in [0.4, 0.5) is 0 Å². The van der Waals surface area contributed by atoms with Crippen molar-refractivity contribution in [2.45, 2.75) is 44.1 Å². The quantitative estimate of drug-likeness (QED) is 0.561. The minimum Gasteiger partial charge on any atom is -0.455 e. The summed E-state index contributed by atoms with van der Waals surface area (Å²) >= 11 is 0. The van der Waals surface area contributed by atoms with Gasteiger partial charge in [0.05, 0.1) is 0 Å². The minimum atomic E-state index is -0.174. The molecule has 4 atom stereocenters. The van der Waals surface area contributed by atoms with E-state index in [9.17, 15) is 4.79 Å². The van der Waals surface area contributed by atoms with Gasteiger partial charge in [-0.25, -0.2) is 4.79 Å². The van der Waals surface area contributed by atoms with Crippen LogP contribution in [0.5, 0.6) is 0 Å². The predicted molar refractivity (Wildman–Crippen MR) is 71.2 cm³/mol. The van der Waals surface area contributed by atoms with Gasteiger partial charge in [-0.2, -0.15) is 0 Å². The Bertz CT molecular complexity index is 444. The summed E-state index contributed by atoms with van der Waals surface area (Å²) in [5.41, 5.74) is -0.0742. The van der Waals surface area contributed by atoms with Crippen LogP contribution in [0.1, 0.15) is 38.5 Å². The molecule has 4 unspecified atom stereocenters. The monoisotopic (exact) mass is 258 g/mol. The summed E-state index contributed by atoms with van der Waals surface area (Å²) in [6, 6.07) is 0. The van der Waals surface area contributed by atoms with Crippen molar-refractivity contribution in [2.24, 2.45) is 41.4 Å². The minimum absolute atomic E-state index is 0.0742. The molecule has 8 bridgehead atoms. The van der Waals surface area contributed by atoms with E-state index in [1.54, 1.807) is 0 Å². The van der Waals surface area contributed by atoms with Crippen LogP contribution in [0.25, 0.3) is 0 Å². The highest BCUT2D eigenvalue weighted by Crippen LogP contribution is 2.73. The molecule has 7 saturated carbocycles. The molecule has 7 aliphatic carbocycles. The van der Waals surface area contributed by atoms with Gasteiger partial charge in [0.2, 0.25) is 0 Å². The lowest BCUT2D eigenvalue weighted by atomic mass is 9.34. The van der Waals surface area contributed by atoms with E-state index in [0.29, 0.717) is 11.8 Å². The van der Waals surface area contributed by atoms with Gasteiger partial charge in [0, 0.05) is 17.9 Å². The molecular weight excluding hydrogens is 236 g/mol. The normalized spacial score (nSPS) is 59.5. The molecule has 0 aliphatic heterocycles. The first-order valence-corrected chi connectivity index (χ1v) is 8.06. The lowest BCUT2D eigenvalue weighted by Gasteiger charge is -2.73. The van der Waals surface area contributed by atoms with Crippen LogP contribution < -0.4 is 0 Å². The van der Waals surface area contributed by atoms with Crippen molar-refractivity contribution >= 4 is 5.97 Å². The summed E-state index contributed by atoms with van der Waals surface area (Å²) in [5, 5.41) is 0. The molecule has 2 heteroatoms. The van der Waals surface area contributed by atoms with E-state index in [4.69, 9.17) is 4.74 Å². The number of carbonyl (C=O) groups excluding carboxylic acids is 1. The van der Waals surface area contributed by atoms with Crippen LogP contribution in [0.2, 0.25) is 0 Å². The molecule has 19 heavy (non-hydrogen) atoms. The maximum Gasteiger partial charge on any atom is 0.330 e. The third-order valence-electron chi connectivity index (χ3n) is 7.44. The molecule has 0 heterocycles. The molecule has 0 aromatic carbocycles. The fourth-order valence-electron chi connectivity index (χ4n) is 7.29. The van der Waals surface area contributed by atoms with Gasteiger partial charge >= 0.3 is 5.97 Å². The molecule has 7 aliphatic rings. The Hall–Kier alpha value is -0.790. The molecule has 0 N–H and O–H groups in total. The number of hydrogen-bond acceptors (Lipinski definition) is 2. The molecule has 7 rings (SSSR count). The SMILES string of the molecule is C=CC(=O)OC12CC3CC4C5CC(CC41)CC2C5C3. The maximum absolute atomic E-state index is 11.9. The van der Waals surface area contributed by atoms with Gasteiger partial charge in [-0.15, -0.1) is 0 Å². The molecular formula is C17H22O2. The Morgan fingerprint density at radius 3 is 2.26 bits per heavy atom. The van der Waals surface area contributed by atoms with Crippen LogP contribution >= 0.6 is 0 Å². The van der Waals surface area contributed by atoms with Gasteiger partial charge in [-0.1, -0.05) is 6.58 Å². The Morgan fingerprint density at radius 1 is 1.00 bits per heavy atom. The second-order valence-electron chi connectivity index (χ2n) is 7.90. The van der Waals surface area contributed by atoms with Crippen molar-refractivity contribution < 1.29 is 9.53 Å². The fourth-order valence-corrected chi connectivity index (χ4v) is 7.29. The molecule has 2 nitrogen and oxygen atoms in total. The molecule has 0 saturated heterocycles. The second kappa shape index (κ2) is 3.27. The Balaban J connectivity index is 1.61. The zero-order valence-corrected chi connectivity index (χ0v) is 11.4. The summed E-state index contributed by atoms with van der Waals surface area (Å²) < 4.78 is 6.08. The number of esters is 1. The lowest BCUT2D eigenvalue weighted by Crippen LogP contribution is -2.72. The number of ether oxygens (including phenoxy) is 1. The molecule has 102 valence electrons. The van der Waals surface area contributed by atoms with Crippen molar-refractivity contribution in [3.63, 3.8) is 0 Å². The van der Waals surface area contributed by atoms with Crippen LogP contribution in [-0.4, -0.2) is 11.6 Å². The first-order valence-electron chi connectivity index (χ1n) is 8.06. The highest BCUT2D eigenvalue weighted by atomic mass is 16.6. The Labute approximate surface area is 114 Å². The summed E-state index contributed by atoms with van der Waals surface area (Å²) in [5.74, 6) is 5.72. The van der Waals surface area contributed by atoms with Crippen LogP contribution in [0.3, 0.4) is 0 Å². The van der Waals surface area contributed by atoms with Gasteiger partial charge in [-0.3, -0.25) is 0 Å². The van der Waals surface area contributed by atoms with Crippen LogP contribution in [0.15, 0.2) is 12.7 Å². The summed E-state index contributed by atoms with van der Waals surface area (Å²) in [7, 11) is 0. The highest BCUT2D eigenvalue weighted by molar-refractivity contribution is 5.81. The van der Waals surface area contributed by atoms with Crippen LogP contribution in [-0.2, 0) is 9.53 Å². The molecule has 0 radical (unpaired) electrons. The number of rotatable bonds is 2. The van der Waals surface area contributed by atoms with Crippen molar-refractivity contribution in [3.05, 3.63) is 12.7 Å². The van der Waals surface area contributed by atoms with Crippen molar-refractivity contribution in [2.75, 3.05) is 0 Å². The summed E-state index contributed by atoms with van der Waals surface area (Å²) in [4.78, 5) is 11.9. The first kappa shape index (κ1) is 10.9. The second-order valence-corrected chi connectivity index (χ2v) is 7.90. The van der Waals surface area contributed by atoms with E-state index in [1.807, 2.05) is 0 Å². The summed E-state index contributed by atoms with van der Waals surface area (Å²) in [6.07, 6.45) is 9.55. The average molecular weight is 258 g/mol. The van der Waals surface area contributed by atoms with E-state index < -0.39 is 0 Å². The molecule has 0 amide bonds. The topological polar surface area (TPSA) is 26.3 Å². The van der Waals surface area contributed by atoms with E-state index in [1.165, 1.54) is 38.2 Å². The van der Waals surface area contributed by atoms with E-state index in [-0.39, 0.29) is 11.6 Å². The van der Waals surface area contributed by atoms with Crippen molar-refractivity contribution in [3.8, 4) is 0 Å². The number of carbonyl (C=O) groups is 1. The van der Waals surface area contributed by atoms with E-state index >= 15 is 0 Å². The highest BCUT2D eigenvalue weighted by Gasteiger charge is 2.71. The zero-order chi connectivity index (χ0) is 12.8. The van der Waals surface area contributed by atoms with Crippen LogP contribution in [0, 0.1) is 41.4 Å². The average Bonchev–Trinajstić information content (AvgIpc) is 2.43. The fraction of sp³-hybridized carbons (Fsp3) is 0.824. The molecule has 0 aromatic rings. The molecule has 0 aromatic heterocycles. The molecule has 0 spiro atoms. The third-order valence-corrected chi connectivity index (χ3v) is 7.44. The van der Waals surface area contributed by atoms with Gasteiger partial charge in [0.15, 0.2) is 0 Å². The number of hydrogen-bond donors (Lipinski definition) is 0.